The second-order valence-corrected chi connectivity index (χ2v) is 5.41. The van der Waals surface area contributed by atoms with E-state index < -0.39 is 0 Å². The van der Waals surface area contributed by atoms with Crippen molar-refractivity contribution in [2.75, 3.05) is 26.2 Å². The first-order chi connectivity index (χ1) is 8.15. The Labute approximate surface area is 103 Å². The Bertz CT molecular complexity index is 292. The van der Waals surface area contributed by atoms with E-state index in [1.807, 2.05) is 0 Å². The SMILES string of the molecule is CC(=O)C1CCN(CC(=O)NCC2CC2)CC1. The average molecular weight is 238 g/mol. The summed E-state index contributed by atoms with van der Waals surface area (Å²) in [6, 6.07) is 0. The van der Waals surface area contributed by atoms with E-state index in [4.69, 9.17) is 0 Å². The van der Waals surface area contributed by atoms with E-state index in [0.717, 1.165) is 38.4 Å². The van der Waals surface area contributed by atoms with Gasteiger partial charge in [0, 0.05) is 12.5 Å². The van der Waals surface area contributed by atoms with Crippen LogP contribution in [0.3, 0.4) is 0 Å². The number of hydrogen-bond donors (Lipinski definition) is 1. The number of piperidine rings is 1. The lowest BCUT2D eigenvalue weighted by molar-refractivity contribution is -0.123. The van der Waals surface area contributed by atoms with Crippen LogP contribution in [-0.2, 0) is 9.59 Å². The van der Waals surface area contributed by atoms with Crippen molar-refractivity contribution in [1.82, 2.24) is 10.2 Å². The highest BCUT2D eigenvalue weighted by Gasteiger charge is 2.25. The summed E-state index contributed by atoms with van der Waals surface area (Å²) in [5.41, 5.74) is 0. The number of rotatable bonds is 5. The molecule has 2 rings (SSSR count). The molecule has 0 aromatic carbocycles. The van der Waals surface area contributed by atoms with Crippen LogP contribution in [0.5, 0.6) is 0 Å². The first kappa shape index (κ1) is 12.6. The number of nitrogens with one attached hydrogen (secondary N) is 1. The van der Waals surface area contributed by atoms with Crippen LogP contribution < -0.4 is 5.32 Å². The number of carbonyl (C=O) groups excluding carboxylic acids is 2. The molecule has 0 radical (unpaired) electrons. The third kappa shape index (κ3) is 4.11. The second-order valence-electron chi connectivity index (χ2n) is 5.41. The standard InChI is InChI=1S/C13H22N2O2/c1-10(16)12-4-6-15(7-5-12)9-13(17)14-8-11-2-3-11/h11-12H,2-9H2,1H3,(H,14,17). The largest absolute Gasteiger partial charge is 0.355 e. The summed E-state index contributed by atoms with van der Waals surface area (Å²) < 4.78 is 0. The van der Waals surface area contributed by atoms with Gasteiger partial charge in [-0.05, 0) is 51.6 Å². The molecule has 0 aromatic heterocycles. The average Bonchev–Trinajstić information content (AvgIpc) is 3.11. The van der Waals surface area contributed by atoms with Crippen LogP contribution in [0.1, 0.15) is 32.6 Å². The molecule has 1 heterocycles. The summed E-state index contributed by atoms with van der Waals surface area (Å²) in [5.74, 6) is 1.39. The van der Waals surface area contributed by atoms with Crippen molar-refractivity contribution in [1.29, 1.82) is 0 Å². The number of amides is 1. The van der Waals surface area contributed by atoms with Gasteiger partial charge in [-0.2, -0.15) is 0 Å². The van der Waals surface area contributed by atoms with Gasteiger partial charge in [0.2, 0.25) is 5.91 Å². The molecule has 0 spiro atoms. The number of carbonyl (C=O) groups is 2. The summed E-state index contributed by atoms with van der Waals surface area (Å²) >= 11 is 0. The zero-order valence-corrected chi connectivity index (χ0v) is 10.6. The van der Waals surface area contributed by atoms with Gasteiger partial charge in [0.05, 0.1) is 6.54 Å². The highest BCUT2D eigenvalue weighted by Crippen LogP contribution is 2.27. The topological polar surface area (TPSA) is 49.4 Å². The molecular formula is C13H22N2O2. The molecular weight excluding hydrogens is 216 g/mol. The van der Waals surface area contributed by atoms with Crippen LogP contribution >= 0.6 is 0 Å². The van der Waals surface area contributed by atoms with Gasteiger partial charge in [-0.1, -0.05) is 0 Å². The van der Waals surface area contributed by atoms with Gasteiger partial charge in [0.1, 0.15) is 5.78 Å². The van der Waals surface area contributed by atoms with Crippen molar-refractivity contribution in [3.63, 3.8) is 0 Å². The summed E-state index contributed by atoms with van der Waals surface area (Å²) in [6.45, 7) is 4.77. The third-order valence-electron chi connectivity index (χ3n) is 3.81. The molecule has 0 bridgehead atoms. The zero-order chi connectivity index (χ0) is 12.3. The summed E-state index contributed by atoms with van der Waals surface area (Å²) in [5, 5.41) is 2.98. The Kier molecular flexibility index (Phi) is 4.15. The van der Waals surface area contributed by atoms with E-state index in [9.17, 15) is 9.59 Å². The van der Waals surface area contributed by atoms with Gasteiger partial charge in [0.25, 0.3) is 0 Å². The normalized spacial score (nSPS) is 22.4. The molecule has 1 aliphatic carbocycles. The van der Waals surface area contributed by atoms with E-state index >= 15 is 0 Å². The maximum atomic E-state index is 11.6. The van der Waals surface area contributed by atoms with Crippen LogP contribution in [0.4, 0.5) is 0 Å². The Hall–Kier alpha value is -0.900. The van der Waals surface area contributed by atoms with Gasteiger partial charge in [-0.25, -0.2) is 0 Å². The molecule has 0 unspecified atom stereocenters. The lowest BCUT2D eigenvalue weighted by Crippen LogP contribution is -2.42. The molecule has 4 heteroatoms. The minimum absolute atomic E-state index is 0.137. The molecule has 1 amide bonds. The fourth-order valence-electron chi connectivity index (χ4n) is 2.34. The first-order valence-corrected chi connectivity index (χ1v) is 6.64. The molecule has 0 aromatic rings. The van der Waals surface area contributed by atoms with Gasteiger partial charge in [-0.15, -0.1) is 0 Å². The predicted octanol–water partition coefficient (Wildman–Crippen LogP) is 0.814. The number of likely N-dealkylation sites (tertiary alicyclic amines) is 1. The van der Waals surface area contributed by atoms with E-state index in [0.29, 0.717) is 12.3 Å². The van der Waals surface area contributed by atoms with Crippen LogP contribution in [-0.4, -0.2) is 42.8 Å². The summed E-state index contributed by atoms with van der Waals surface area (Å²) in [7, 11) is 0. The van der Waals surface area contributed by atoms with Crippen LogP contribution in [0, 0.1) is 11.8 Å². The lowest BCUT2D eigenvalue weighted by Gasteiger charge is -2.30. The smallest absolute Gasteiger partial charge is 0.234 e. The molecule has 96 valence electrons. The molecule has 1 N–H and O–H groups in total. The number of hydrogen-bond acceptors (Lipinski definition) is 3. The first-order valence-electron chi connectivity index (χ1n) is 6.64. The molecule has 4 nitrogen and oxygen atoms in total. The van der Waals surface area contributed by atoms with Gasteiger partial charge in [-0.3, -0.25) is 14.5 Å². The fraction of sp³-hybridized carbons (Fsp3) is 0.846. The summed E-state index contributed by atoms with van der Waals surface area (Å²) in [6.07, 6.45) is 4.35. The third-order valence-corrected chi connectivity index (χ3v) is 3.81. The quantitative estimate of drug-likeness (QED) is 0.771. The number of ketones is 1. The van der Waals surface area contributed by atoms with E-state index in [-0.39, 0.29) is 11.8 Å². The number of nitrogens with zero attached hydrogens (tertiary/aromatic N) is 1. The van der Waals surface area contributed by atoms with Crippen molar-refractivity contribution in [3.8, 4) is 0 Å². The monoisotopic (exact) mass is 238 g/mol. The van der Waals surface area contributed by atoms with E-state index in [1.165, 1.54) is 12.8 Å². The highest BCUT2D eigenvalue weighted by atomic mass is 16.2. The predicted molar refractivity (Wildman–Crippen MR) is 65.6 cm³/mol. The Morgan fingerprint density at radius 1 is 1.18 bits per heavy atom. The van der Waals surface area contributed by atoms with Crippen LogP contribution in [0.25, 0.3) is 0 Å². The maximum absolute atomic E-state index is 11.6. The molecule has 2 aliphatic rings. The molecule has 17 heavy (non-hydrogen) atoms. The number of Topliss-reactive ketones (excluding diaryl/α,β-unsaturated/α-hetero) is 1. The van der Waals surface area contributed by atoms with Gasteiger partial charge in [0.15, 0.2) is 0 Å². The molecule has 2 fully saturated rings. The fourth-order valence-corrected chi connectivity index (χ4v) is 2.34. The van der Waals surface area contributed by atoms with Crippen molar-refractivity contribution >= 4 is 11.7 Å². The molecule has 1 saturated heterocycles. The van der Waals surface area contributed by atoms with Crippen molar-refractivity contribution in [2.45, 2.75) is 32.6 Å². The second kappa shape index (κ2) is 5.63. The lowest BCUT2D eigenvalue weighted by atomic mass is 9.93. The van der Waals surface area contributed by atoms with Crippen molar-refractivity contribution in [3.05, 3.63) is 0 Å². The zero-order valence-electron chi connectivity index (χ0n) is 10.6. The Balaban J connectivity index is 1.62. The van der Waals surface area contributed by atoms with E-state index in [1.54, 1.807) is 6.92 Å². The Morgan fingerprint density at radius 3 is 2.35 bits per heavy atom. The van der Waals surface area contributed by atoms with Crippen LogP contribution in [0.2, 0.25) is 0 Å². The minimum atomic E-state index is 0.137. The highest BCUT2D eigenvalue weighted by molar-refractivity contribution is 5.79. The molecule has 1 aliphatic heterocycles. The van der Waals surface area contributed by atoms with Crippen LogP contribution in [0.15, 0.2) is 0 Å². The minimum Gasteiger partial charge on any atom is -0.355 e. The van der Waals surface area contributed by atoms with Gasteiger partial charge >= 0.3 is 0 Å². The van der Waals surface area contributed by atoms with Gasteiger partial charge < -0.3 is 5.32 Å². The summed E-state index contributed by atoms with van der Waals surface area (Å²) in [4.78, 5) is 25.0. The Morgan fingerprint density at radius 2 is 1.82 bits per heavy atom. The van der Waals surface area contributed by atoms with Crippen molar-refractivity contribution < 1.29 is 9.59 Å². The van der Waals surface area contributed by atoms with Crippen molar-refractivity contribution in [2.24, 2.45) is 11.8 Å². The van der Waals surface area contributed by atoms with E-state index in [2.05, 4.69) is 10.2 Å². The molecule has 1 saturated carbocycles. The maximum Gasteiger partial charge on any atom is 0.234 e. The molecule has 0 atom stereocenters.